The minimum atomic E-state index is -0.372. The standard InChI is InChI=1S/C16H23FN2O/c1-12(2)19-8-6-13(7-9-19)11-18-16(20)14-4-3-5-15(17)10-14/h3-5,10,12-13H,6-9,11H2,1-2H3,(H,18,20). The molecule has 0 aliphatic carbocycles. The highest BCUT2D eigenvalue weighted by atomic mass is 19.1. The van der Waals surface area contributed by atoms with Crippen molar-refractivity contribution in [2.24, 2.45) is 5.92 Å². The van der Waals surface area contributed by atoms with Crippen molar-refractivity contribution >= 4 is 5.91 Å². The molecule has 0 spiro atoms. The fourth-order valence-electron chi connectivity index (χ4n) is 2.64. The Balaban J connectivity index is 1.77. The highest BCUT2D eigenvalue weighted by molar-refractivity contribution is 5.94. The number of amides is 1. The number of nitrogens with one attached hydrogen (secondary N) is 1. The number of likely N-dealkylation sites (tertiary alicyclic amines) is 1. The molecular formula is C16H23FN2O. The van der Waals surface area contributed by atoms with Crippen LogP contribution in [0.25, 0.3) is 0 Å². The summed E-state index contributed by atoms with van der Waals surface area (Å²) in [6.45, 7) is 7.30. The SMILES string of the molecule is CC(C)N1CCC(CNC(=O)c2cccc(F)c2)CC1. The summed E-state index contributed by atoms with van der Waals surface area (Å²) in [5.74, 6) is -0.0267. The van der Waals surface area contributed by atoms with Crippen molar-refractivity contribution in [3.8, 4) is 0 Å². The summed E-state index contributed by atoms with van der Waals surface area (Å²) in [6.07, 6.45) is 2.23. The maximum Gasteiger partial charge on any atom is 0.251 e. The Bertz CT molecular complexity index is 454. The first-order valence-electron chi connectivity index (χ1n) is 7.34. The molecule has 110 valence electrons. The molecule has 1 aromatic carbocycles. The molecular weight excluding hydrogens is 255 g/mol. The summed E-state index contributed by atoms with van der Waals surface area (Å²) in [4.78, 5) is 14.4. The topological polar surface area (TPSA) is 32.3 Å². The number of piperidine rings is 1. The molecule has 3 nitrogen and oxygen atoms in total. The van der Waals surface area contributed by atoms with Crippen molar-refractivity contribution in [3.05, 3.63) is 35.6 Å². The van der Waals surface area contributed by atoms with E-state index < -0.39 is 0 Å². The van der Waals surface area contributed by atoms with E-state index >= 15 is 0 Å². The van der Waals surface area contributed by atoms with Crippen LogP contribution in [-0.4, -0.2) is 36.5 Å². The average Bonchev–Trinajstić information content (AvgIpc) is 2.45. The van der Waals surface area contributed by atoms with Gasteiger partial charge in [-0.25, -0.2) is 4.39 Å². The minimum absolute atomic E-state index is 0.184. The van der Waals surface area contributed by atoms with Gasteiger partial charge in [-0.15, -0.1) is 0 Å². The highest BCUT2D eigenvalue weighted by Gasteiger charge is 2.21. The predicted molar refractivity (Wildman–Crippen MR) is 78.2 cm³/mol. The Labute approximate surface area is 120 Å². The second-order valence-electron chi connectivity index (χ2n) is 5.79. The number of hydrogen-bond donors (Lipinski definition) is 1. The summed E-state index contributed by atoms with van der Waals surface area (Å²) in [7, 11) is 0. The Hall–Kier alpha value is -1.42. The van der Waals surface area contributed by atoms with Crippen molar-refractivity contribution in [2.45, 2.75) is 32.7 Å². The fraction of sp³-hybridized carbons (Fsp3) is 0.562. The van der Waals surface area contributed by atoms with Crippen LogP contribution in [0.15, 0.2) is 24.3 Å². The molecule has 1 aromatic rings. The third-order valence-electron chi connectivity index (χ3n) is 4.02. The monoisotopic (exact) mass is 278 g/mol. The van der Waals surface area contributed by atoms with Gasteiger partial charge in [-0.3, -0.25) is 4.79 Å². The predicted octanol–water partition coefficient (Wildman–Crippen LogP) is 2.68. The number of nitrogens with zero attached hydrogens (tertiary/aromatic N) is 1. The molecule has 1 fully saturated rings. The lowest BCUT2D eigenvalue weighted by molar-refractivity contribution is 0.0929. The van der Waals surface area contributed by atoms with E-state index in [0.717, 1.165) is 25.9 Å². The van der Waals surface area contributed by atoms with Crippen molar-refractivity contribution in [1.29, 1.82) is 0 Å². The first-order valence-corrected chi connectivity index (χ1v) is 7.34. The van der Waals surface area contributed by atoms with Gasteiger partial charge in [0.2, 0.25) is 0 Å². The first-order chi connectivity index (χ1) is 9.56. The van der Waals surface area contributed by atoms with Gasteiger partial charge < -0.3 is 10.2 Å². The second-order valence-corrected chi connectivity index (χ2v) is 5.79. The van der Waals surface area contributed by atoms with Gasteiger partial charge in [0.05, 0.1) is 0 Å². The zero-order chi connectivity index (χ0) is 14.5. The summed E-state index contributed by atoms with van der Waals surface area (Å²) in [5, 5.41) is 2.92. The van der Waals surface area contributed by atoms with Crippen LogP contribution < -0.4 is 5.32 Å². The molecule has 1 aliphatic rings. The van der Waals surface area contributed by atoms with Crippen molar-refractivity contribution in [3.63, 3.8) is 0 Å². The van der Waals surface area contributed by atoms with Crippen LogP contribution >= 0.6 is 0 Å². The van der Waals surface area contributed by atoms with Crippen LogP contribution in [0.4, 0.5) is 4.39 Å². The van der Waals surface area contributed by atoms with Gasteiger partial charge in [0.15, 0.2) is 0 Å². The van der Waals surface area contributed by atoms with E-state index in [0.29, 0.717) is 24.1 Å². The Morgan fingerprint density at radius 3 is 2.70 bits per heavy atom. The van der Waals surface area contributed by atoms with Crippen LogP contribution in [-0.2, 0) is 0 Å². The van der Waals surface area contributed by atoms with Gasteiger partial charge >= 0.3 is 0 Å². The van der Waals surface area contributed by atoms with E-state index in [1.54, 1.807) is 12.1 Å². The second kappa shape index (κ2) is 6.84. The van der Waals surface area contributed by atoms with Gasteiger partial charge in [-0.05, 0) is 63.9 Å². The molecule has 0 atom stereocenters. The van der Waals surface area contributed by atoms with Gasteiger partial charge in [0.25, 0.3) is 5.91 Å². The van der Waals surface area contributed by atoms with Crippen molar-refractivity contribution in [2.75, 3.05) is 19.6 Å². The van der Waals surface area contributed by atoms with E-state index in [9.17, 15) is 9.18 Å². The average molecular weight is 278 g/mol. The van der Waals surface area contributed by atoms with Gasteiger partial charge in [-0.1, -0.05) is 6.07 Å². The molecule has 1 heterocycles. The molecule has 4 heteroatoms. The smallest absolute Gasteiger partial charge is 0.251 e. The van der Waals surface area contributed by atoms with Gasteiger partial charge in [-0.2, -0.15) is 0 Å². The third kappa shape index (κ3) is 4.04. The summed E-state index contributed by atoms with van der Waals surface area (Å²) in [6, 6.07) is 6.41. The Morgan fingerprint density at radius 2 is 2.10 bits per heavy atom. The largest absolute Gasteiger partial charge is 0.352 e. The van der Waals surface area contributed by atoms with E-state index in [4.69, 9.17) is 0 Å². The molecule has 1 N–H and O–H groups in total. The van der Waals surface area contributed by atoms with Gasteiger partial charge in [0.1, 0.15) is 5.82 Å². The summed E-state index contributed by atoms with van der Waals surface area (Å²) in [5.41, 5.74) is 0.393. The van der Waals surface area contributed by atoms with Crippen LogP contribution in [0.1, 0.15) is 37.0 Å². The zero-order valence-corrected chi connectivity index (χ0v) is 12.2. The Kier molecular flexibility index (Phi) is 5.12. The number of hydrogen-bond acceptors (Lipinski definition) is 2. The normalized spacial score (nSPS) is 17.4. The van der Waals surface area contributed by atoms with Crippen LogP contribution in [0, 0.1) is 11.7 Å². The molecule has 0 aromatic heterocycles. The zero-order valence-electron chi connectivity index (χ0n) is 12.2. The lowest BCUT2D eigenvalue weighted by Gasteiger charge is -2.34. The highest BCUT2D eigenvalue weighted by Crippen LogP contribution is 2.18. The van der Waals surface area contributed by atoms with Crippen molar-refractivity contribution in [1.82, 2.24) is 10.2 Å². The number of halogens is 1. The molecule has 0 bridgehead atoms. The van der Waals surface area contributed by atoms with E-state index in [1.807, 2.05) is 0 Å². The van der Waals surface area contributed by atoms with E-state index in [-0.39, 0.29) is 11.7 Å². The number of benzene rings is 1. The van der Waals surface area contributed by atoms with Crippen LogP contribution in [0.3, 0.4) is 0 Å². The molecule has 0 saturated carbocycles. The number of rotatable bonds is 4. The first kappa shape index (κ1) is 15.0. The molecule has 1 saturated heterocycles. The van der Waals surface area contributed by atoms with Crippen molar-refractivity contribution < 1.29 is 9.18 Å². The Morgan fingerprint density at radius 1 is 1.40 bits per heavy atom. The molecule has 20 heavy (non-hydrogen) atoms. The molecule has 2 rings (SSSR count). The summed E-state index contributed by atoms with van der Waals surface area (Å²) >= 11 is 0. The molecule has 0 radical (unpaired) electrons. The lowest BCUT2D eigenvalue weighted by atomic mass is 9.96. The summed E-state index contributed by atoms with van der Waals surface area (Å²) < 4.78 is 13.1. The molecule has 1 amide bonds. The van der Waals surface area contributed by atoms with E-state index in [2.05, 4.69) is 24.1 Å². The molecule has 1 aliphatic heterocycles. The quantitative estimate of drug-likeness (QED) is 0.918. The van der Waals surface area contributed by atoms with Crippen LogP contribution in [0.2, 0.25) is 0 Å². The fourth-order valence-corrected chi connectivity index (χ4v) is 2.64. The van der Waals surface area contributed by atoms with Crippen LogP contribution in [0.5, 0.6) is 0 Å². The maximum atomic E-state index is 13.1. The maximum absolute atomic E-state index is 13.1. The minimum Gasteiger partial charge on any atom is -0.352 e. The number of carbonyl (C=O) groups excluding carboxylic acids is 1. The third-order valence-corrected chi connectivity index (χ3v) is 4.02. The molecule has 0 unspecified atom stereocenters. The van der Waals surface area contributed by atoms with E-state index in [1.165, 1.54) is 12.1 Å². The number of carbonyl (C=O) groups is 1. The lowest BCUT2D eigenvalue weighted by Crippen LogP contribution is -2.41. The van der Waals surface area contributed by atoms with Gasteiger partial charge in [0, 0.05) is 18.2 Å².